The monoisotopic (exact) mass is 595 g/mol. The number of hydrazone groups is 1. The predicted molar refractivity (Wildman–Crippen MR) is 161 cm³/mol. The maximum atomic E-state index is 13.2. The van der Waals surface area contributed by atoms with Crippen molar-refractivity contribution in [3.63, 3.8) is 0 Å². The smallest absolute Gasteiger partial charge is 0.293 e. The Morgan fingerprint density at radius 1 is 0.929 bits per heavy atom. The maximum Gasteiger partial charge on any atom is 0.293 e. The van der Waals surface area contributed by atoms with Gasteiger partial charge >= 0.3 is 0 Å². The number of nitrogens with zero attached hydrogens (tertiary/aromatic N) is 6. The molecule has 42 heavy (non-hydrogen) atoms. The number of nitro groups is 2. The molecule has 13 nitrogen and oxygen atoms in total. The molecule has 0 bridgehead atoms. The van der Waals surface area contributed by atoms with E-state index in [9.17, 15) is 28.6 Å². The Morgan fingerprint density at radius 2 is 1.62 bits per heavy atom. The lowest BCUT2D eigenvalue weighted by atomic mass is 10.1. The Morgan fingerprint density at radius 3 is 2.24 bits per heavy atom. The van der Waals surface area contributed by atoms with E-state index < -0.39 is 19.9 Å². The Bertz CT molecular complexity index is 1550. The number of nitro benzene ring substituents is 2. The molecule has 222 valence electrons. The van der Waals surface area contributed by atoms with Crippen LogP contribution in [0.5, 0.6) is 0 Å². The molecule has 3 aromatic carbocycles. The minimum absolute atomic E-state index is 0.0447. The van der Waals surface area contributed by atoms with Gasteiger partial charge in [0, 0.05) is 69.6 Å². The fraction of sp³-hybridized carbons (Fsp3) is 0.321. The van der Waals surface area contributed by atoms with Crippen molar-refractivity contribution in [2.75, 3.05) is 49.6 Å². The van der Waals surface area contributed by atoms with Gasteiger partial charge in [0.1, 0.15) is 10.6 Å². The molecule has 1 aliphatic heterocycles. The van der Waals surface area contributed by atoms with Crippen LogP contribution in [0.3, 0.4) is 0 Å². The Kier molecular flexibility index (Phi) is 9.83. The van der Waals surface area contributed by atoms with Gasteiger partial charge in [0.2, 0.25) is 10.0 Å². The van der Waals surface area contributed by atoms with E-state index in [-0.39, 0.29) is 35.0 Å². The SMILES string of the molecule is CCN(CC)S(=O)(=O)c1cc([N+](=O)[O-])ccc1NN=Cc1ccc(N2CCN(Cc3ccccc3)CC2)c([N+](=O)[O-])c1. The summed E-state index contributed by atoms with van der Waals surface area (Å²) in [5.74, 6) is 0. The second-order valence-corrected chi connectivity index (χ2v) is 11.6. The number of hydrogen-bond donors (Lipinski definition) is 1. The maximum absolute atomic E-state index is 13.2. The van der Waals surface area contributed by atoms with Crippen molar-refractivity contribution in [1.29, 1.82) is 0 Å². The molecule has 3 aromatic rings. The van der Waals surface area contributed by atoms with Crippen LogP contribution in [0.2, 0.25) is 0 Å². The second-order valence-electron chi connectivity index (χ2n) is 9.65. The fourth-order valence-electron chi connectivity index (χ4n) is 4.83. The second kappa shape index (κ2) is 13.5. The first-order chi connectivity index (χ1) is 20.1. The number of hydrogen-bond acceptors (Lipinski definition) is 10. The van der Waals surface area contributed by atoms with Crippen LogP contribution < -0.4 is 10.3 Å². The molecular weight excluding hydrogens is 562 g/mol. The van der Waals surface area contributed by atoms with Crippen molar-refractivity contribution in [3.8, 4) is 0 Å². The van der Waals surface area contributed by atoms with E-state index in [1.807, 2.05) is 23.1 Å². The number of nitrogens with one attached hydrogen (secondary N) is 1. The van der Waals surface area contributed by atoms with E-state index >= 15 is 0 Å². The van der Waals surface area contributed by atoms with Crippen molar-refractivity contribution < 1.29 is 18.3 Å². The quantitative estimate of drug-likeness (QED) is 0.183. The molecule has 14 heteroatoms. The van der Waals surface area contributed by atoms with Crippen LogP contribution in [0.25, 0.3) is 0 Å². The molecule has 0 saturated carbocycles. The molecule has 1 heterocycles. The van der Waals surface area contributed by atoms with Crippen LogP contribution in [0.4, 0.5) is 22.7 Å². The molecule has 0 aliphatic carbocycles. The number of piperazine rings is 1. The zero-order valence-corrected chi connectivity index (χ0v) is 24.2. The first-order valence-electron chi connectivity index (χ1n) is 13.5. The standard InChI is InChI=1S/C28H33N7O6S/c1-3-33(4-2)42(40,41)28-19-24(34(36)37)11-12-25(28)30-29-20-23-10-13-26(27(18-23)35(38)39)32-16-14-31(15-17-32)21-22-8-6-5-7-9-22/h5-13,18-20,30H,3-4,14-17,21H2,1-2H3. The summed E-state index contributed by atoms with van der Waals surface area (Å²) < 4.78 is 27.5. The van der Waals surface area contributed by atoms with Gasteiger partial charge in [0.25, 0.3) is 11.4 Å². The third kappa shape index (κ3) is 7.08. The predicted octanol–water partition coefficient (Wildman–Crippen LogP) is 4.30. The molecule has 1 N–H and O–H groups in total. The van der Waals surface area contributed by atoms with E-state index in [2.05, 4.69) is 27.6 Å². The van der Waals surface area contributed by atoms with Gasteiger partial charge in [0.05, 0.1) is 21.7 Å². The lowest BCUT2D eigenvalue weighted by Crippen LogP contribution is -2.46. The molecule has 1 fully saturated rings. The van der Waals surface area contributed by atoms with Crippen molar-refractivity contribution in [1.82, 2.24) is 9.21 Å². The van der Waals surface area contributed by atoms with Crippen LogP contribution in [-0.2, 0) is 16.6 Å². The third-order valence-corrected chi connectivity index (χ3v) is 9.15. The minimum atomic E-state index is -4.05. The highest BCUT2D eigenvalue weighted by Crippen LogP contribution is 2.31. The normalized spacial score (nSPS) is 14.4. The van der Waals surface area contributed by atoms with E-state index in [0.29, 0.717) is 24.3 Å². The first kappa shape index (κ1) is 30.6. The van der Waals surface area contributed by atoms with E-state index in [4.69, 9.17) is 0 Å². The third-order valence-electron chi connectivity index (χ3n) is 7.06. The van der Waals surface area contributed by atoms with Crippen LogP contribution >= 0.6 is 0 Å². The zero-order chi connectivity index (χ0) is 30.3. The Balaban J connectivity index is 1.50. The average Bonchev–Trinajstić information content (AvgIpc) is 2.98. The van der Waals surface area contributed by atoms with Crippen molar-refractivity contribution in [2.45, 2.75) is 25.3 Å². The summed E-state index contributed by atoms with van der Waals surface area (Å²) in [6.07, 6.45) is 1.34. The van der Waals surface area contributed by atoms with Crippen LogP contribution in [0.15, 0.2) is 76.7 Å². The summed E-state index contributed by atoms with van der Waals surface area (Å²) >= 11 is 0. The van der Waals surface area contributed by atoms with Crippen LogP contribution in [0, 0.1) is 20.2 Å². The highest BCUT2D eigenvalue weighted by molar-refractivity contribution is 7.89. The molecule has 0 amide bonds. The molecule has 0 aromatic heterocycles. The van der Waals surface area contributed by atoms with Gasteiger partial charge in [-0.2, -0.15) is 9.41 Å². The molecule has 1 aliphatic rings. The summed E-state index contributed by atoms with van der Waals surface area (Å²) in [7, 11) is -4.05. The largest absolute Gasteiger partial charge is 0.363 e. The van der Waals surface area contributed by atoms with Gasteiger partial charge in [-0.25, -0.2) is 8.42 Å². The highest BCUT2D eigenvalue weighted by Gasteiger charge is 2.28. The number of sulfonamides is 1. The fourth-order valence-corrected chi connectivity index (χ4v) is 6.45. The summed E-state index contributed by atoms with van der Waals surface area (Å²) in [4.78, 5) is 26.2. The summed E-state index contributed by atoms with van der Waals surface area (Å²) in [5.41, 5.74) is 4.43. The van der Waals surface area contributed by atoms with Gasteiger partial charge in [-0.3, -0.25) is 30.6 Å². The van der Waals surface area contributed by atoms with Crippen LogP contribution in [-0.4, -0.2) is 73.0 Å². The van der Waals surface area contributed by atoms with E-state index in [0.717, 1.165) is 25.7 Å². The van der Waals surface area contributed by atoms with Crippen LogP contribution in [0.1, 0.15) is 25.0 Å². The van der Waals surface area contributed by atoms with E-state index in [1.54, 1.807) is 26.0 Å². The van der Waals surface area contributed by atoms with Gasteiger partial charge in [-0.05, 0) is 17.7 Å². The first-order valence-corrected chi connectivity index (χ1v) is 14.9. The number of anilines is 2. The highest BCUT2D eigenvalue weighted by atomic mass is 32.2. The van der Waals surface area contributed by atoms with Gasteiger partial charge < -0.3 is 4.90 Å². The Hall–Kier alpha value is -4.40. The zero-order valence-electron chi connectivity index (χ0n) is 23.4. The summed E-state index contributed by atoms with van der Waals surface area (Å²) in [5, 5.41) is 27.4. The molecular formula is C28H33N7O6S. The van der Waals surface area contributed by atoms with E-state index in [1.165, 1.54) is 34.3 Å². The van der Waals surface area contributed by atoms with Gasteiger partial charge in [0.15, 0.2) is 0 Å². The molecule has 0 unspecified atom stereocenters. The van der Waals surface area contributed by atoms with Gasteiger partial charge in [-0.15, -0.1) is 0 Å². The summed E-state index contributed by atoms with van der Waals surface area (Å²) in [6.45, 7) is 7.37. The topological polar surface area (TPSA) is 155 Å². The van der Waals surface area contributed by atoms with Crippen molar-refractivity contribution in [2.24, 2.45) is 5.10 Å². The summed E-state index contributed by atoms with van der Waals surface area (Å²) in [6, 6.07) is 18.4. The minimum Gasteiger partial charge on any atom is -0.363 e. The number of benzene rings is 3. The molecule has 0 atom stereocenters. The average molecular weight is 596 g/mol. The van der Waals surface area contributed by atoms with Crippen molar-refractivity contribution in [3.05, 3.63) is 98.1 Å². The number of rotatable bonds is 12. The number of non-ortho nitro benzene ring substituents is 1. The molecule has 0 radical (unpaired) electrons. The Labute approximate surface area is 244 Å². The van der Waals surface area contributed by atoms with Gasteiger partial charge in [-0.1, -0.05) is 50.2 Å². The van der Waals surface area contributed by atoms with Crippen molar-refractivity contribution >= 4 is 39.0 Å². The molecule has 0 spiro atoms. The lowest BCUT2D eigenvalue weighted by molar-refractivity contribution is -0.385. The molecule has 1 saturated heterocycles. The lowest BCUT2D eigenvalue weighted by Gasteiger charge is -2.35. The molecule has 4 rings (SSSR count).